The van der Waals surface area contributed by atoms with Crippen LogP contribution in [0.4, 0.5) is 5.69 Å². The third-order valence-corrected chi connectivity index (χ3v) is 4.71. The molecule has 2 amide bonds. The van der Waals surface area contributed by atoms with Gasteiger partial charge in [-0.15, -0.1) is 0 Å². The molecule has 0 saturated heterocycles. The lowest BCUT2D eigenvalue weighted by atomic mass is 9.87. The number of guanidine groups is 1. The van der Waals surface area contributed by atoms with Gasteiger partial charge in [0, 0.05) is 11.1 Å². The minimum absolute atomic E-state index is 0.0913. The van der Waals surface area contributed by atoms with Gasteiger partial charge in [0.25, 0.3) is 5.91 Å². The average molecular weight is 373 g/mol. The van der Waals surface area contributed by atoms with Crippen molar-refractivity contribution in [1.82, 2.24) is 10.3 Å². The highest BCUT2D eigenvalue weighted by atomic mass is 16.2. The van der Waals surface area contributed by atoms with Crippen molar-refractivity contribution in [3.63, 3.8) is 0 Å². The lowest BCUT2D eigenvalue weighted by Gasteiger charge is -2.29. The number of aromatic nitrogens is 1. The number of carbonyl (C=O) groups excluding carboxylic acids is 2. The second kappa shape index (κ2) is 6.77. The number of nitrogens with zero attached hydrogens (tertiary/aromatic N) is 2. The molecule has 1 aliphatic heterocycles. The summed E-state index contributed by atoms with van der Waals surface area (Å²) in [6, 6.07) is 18.4. The van der Waals surface area contributed by atoms with Gasteiger partial charge in [-0.3, -0.25) is 14.9 Å². The van der Waals surface area contributed by atoms with Gasteiger partial charge in [0.05, 0.1) is 17.5 Å². The Hall–Kier alpha value is -3.74. The Morgan fingerprint density at radius 3 is 2.79 bits per heavy atom. The van der Waals surface area contributed by atoms with Gasteiger partial charge in [0.15, 0.2) is 5.96 Å². The first-order valence-electron chi connectivity index (χ1n) is 8.86. The largest absolute Gasteiger partial charge is 0.370 e. The molecule has 0 fully saturated rings. The molecule has 140 valence electrons. The fraction of sp³-hybridized carbons (Fsp3) is 0.143. The summed E-state index contributed by atoms with van der Waals surface area (Å²) in [7, 11) is 0. The van der Waals surface area contributed by atoms with E-state index >= 15 is 0 Å². The van der Waals surface area contributed by atoms with Crippen LogP contribution in [0.1, 0.15) is 29.4 Å². The van der Waals surface area contributed by atoms with Crippen molar-refractivity contribution in [3.05, 3.63) is 71.9 Å². The third kappa shape index (κ3) is 3.42. The van der Waals surface area contributed by atoms with Crippen molar-refractivity contribution in [2.24, 2.45) is 10.7 Å². The van der Waals surface area contributed by atoms with Gasteiger partial charge in [0.1, 0.15) is 5.69 Å². The van der Waals surface area contributed by atoms with E-state index in [1.807, 2.05) is 49.4 Å². The second-order valence-corrected chi connectivity index (χ2v) is 6.92. The topological polar surface area (TPSA) is 109 Å². The number of aliphatic imine (C=N–C) groups is 1. The van der Waals surface area contributed by atoms with Crippen LogP contribution in [0.2, 0.25) is 0 Å². The molecule has 0 saturated carbocycles. The summed E-state index contributed by atoms with van der Waals surface area (Å²) >= 11 is 0. The normalized spacial score (nSPS) is 19.0. The molecule has 1 aliphatic rings. The van der Waals surface area contributed by atoms with Crippen LogP contribution in [0.15, 0.2) is 65.7 Å². The van der Waals surface area contributed by atoms with Crippen molar-refractivity contribution in [2.75, 3.05) is 5.32 Å². The molecule has 7 heteroatoms. The first-order valence-corrected chi connectivity index (χ1v) is 8.86. The first kappa shape index (κ1) is 17.7. The number of rotatable bonds is 3. The molecule has 28 heavy (non-hydrogen) atoms. The maximum Gasteiger partial charge on any atom is 0.274 e. The molecule has 0 aliphatic carbocycles. The smallest absolute Gasteiger partial charge is 0.274 e. The van der Waals surface area contributed by atoms with E-state index in [0.717, 1.165) is 16.5 Å². The van der Waals surface area contributed by atoms with Crippen molar-refractivity contribution >= 4 is 34.4 Å². The molecule has 0 radical (unpaired) electrons. The molecule has 2 heterocycles. The van der Waals surface area contributed by atoms with E-state index in [4.69, 9.17) is 5.73 Å². The third-order valence-electron chi connectivity index (χ3n) is 4.71. The molecule has 4 rings (SSSR count). The number of fused-ring (bicyclic) bond motifs is 1. The average Bonchev–Trinajstić information content (AvgIpc) is 2.67. The number of carbonyl (C=O) groups is 2. The van der Waals surface area contributed by atoms with Crippen LogP contribution in [-0.2, 0) is 10.3 Å². The Labute approximate surface area is 161 Å². The van der Waals surface area contributed by atoms with Crippen molar-refractivity contribution in [2.45, 2.75) is 18.9 Å². The Morgan fingerprint density at radius 1 is 1.14 bits per heavy atom. The summed E-state index contributed by atoms with van der Waals surface area (Å²) in [4.78, 5) is 33.3. The maximum atomic E-state index is 12.6. The monoisotopic (exact) mass is 373 g/mol. The van der Waals surface area contributed by atoms with Gasteiger partial charge in [-0.2, -0.15) is 0 Å². The van der Waals surface area contributed by atoms with E-state index in [-0.39, 0.29) is 24.2 Å². The molecule has 1 atom stereocenters. The molecule has 0 bridgehead atoms. The highest BCUT2D eigenvalue weighted by molar-refractivity contribution is 6.04. The number of nitrogens with two attached hydrogens (primary N) is 1. The van der Waals surface area contributed by atoms with Crippen LogP contribution in [-0.4, -0.2) is 22.8 Å². The molecular weight excluding hydrogens is 354 g/mol. The van der Waals surface area contributed by atoms with E-state index in [1.54, 1.807) is 18.2 Å². The lowest BCUT2D eigenvalue weighted by molar-refractivity contribution is -0.121. The van der Waals surface area contributed by atoms with Gasteiger partial charge in [-0.05, 0) is 36.8 Å². The quantitative estimate of drug-likeness (QED) is 0.655. The van der Waals surface area contributed by atoms with Crippen LogP contribution >= 0.6 is 0 Å². The van der Waals surface area contributed by atoms with E-state index in [0.29, 0.717) is 11.4 Å². The number of amides is 2. The van der Waals surface area contributed by atoms with Gasteiger partial charge >= 0.3 is 0 Å². The van der Waals surface area contributed by atoms with Crippen LogP contribution in [0, 0.1) is 0 Å². The molecule has 1 aromatic heterocycles. The zero-order valence-corrected chi connectivity index (χ0v) is 15.3. The summed E-state index contributed by atoms with van der Waals surface area (Å²) in [6.45, 7) is 1.84. The van der Waals surface area contributed by atoms with E-state index in [1.165, 1.54) is 0 Å². The standard InChI is InChI=1S/C21H19N5O2/c1-21(12-18(27)25-20(22)26-21)14-6-4-7-15(11-14)23-19(28)17-10-9-13-5-2-3-8-16(13)24-17/h2-11H,12H2,1H3,(H,23,28)(H3,22,25,26,27). The number of anilines is 1. The van der Waals surface area contributed by atoms with Crippen LogP contribution in [0.5, 0.6) is 0 Å². The Balaban J connectivity index is 1.60. The summed E-state index contributed by atoms with van der Waals surface area (Å²) < 4.78 is 0. The van der Waals surface area contributed by atoms with E-state index < -0.39 is 5.54 Å². The number of pyridine rings is 1. The maximum absolute atomic E-state index is 12.6. The van der Waals surface area contributed by atoms with Gasteiger partial charge in [-0.1, -0.05) is 36.4 Å². The summed E-state index contributed by atoms with van der Waals surface area (Å²) in [5.41, 5.74) is 7.40. The fourth-order valence-corrected chi connectivity index (χ4v) is 3.32. The SMILES string of the molecule is CC1(c2cccc(NC(=O)c3ccc4ccccc4n3)c2)CC(=O)NC(N)=N1. The van der Waals surface area contributed by atoms with Gasteiger partial charge in [0.2, 0.25) is 5.91 Å². The minimum Gasteiger partial charge on any atom is -0.370 e. The number of nitrogens with one attached hydrogen (secondary N) is 2. The number of hydrogen-bond donors (Lipinski definition) is 3. The number of hydrogen-bond acceptors (Lipinski definition) is 5. The Morgan fingerprint density at radius 2 is 1.96 bits per heavy atom. The van der Waals surface area contributed by atoms with Crippen LogP contribution in [0.25, 0.3) is 10.9 Å². The van der Waals surface area contributed by atoms with Crippen molar-refractivity contribution in [3.8, 4) is 0 Å². The lowest BCUT2D eigenvalue weighted by Crippen LogP contribution is -2.46. The zero-order valence-electron chi connectivity index (χ0n) is 15.3. The molecule has 4 N–H and O–H groups in total. The highest BCUT2D eigenvalue weighted by Crippen LogP contribution is 2.32. The van der Waals surface area contributed by atoms with Gasteiger partial charge in [-0.25, -0.2) is 9.98 Å². The highest BCUT2D eigenvalue weighted by Gasteiger charge is 2.33. The Kier molecular flexibility index (Phi) is 4.27. The predicted molar refractivity (Wildman–Crippen MR) is 108 cm³/mol. The van der Waals surface area contributed by atoms with E-state index in [2.05, 4.69) is 20.6 Å². The molecular formula is C21H19N5O2. The van der Waals surface area contributed by atoms with Crippen molar-refractivity contribution in [1.29, 1.82) is 0 Å². The summed E-state index contributed by atoms with van der Waals surface area (Å²) in [5, 5.41) is 6.33. The summed E-state index contributed by atoms with van der Waals surface area (Å²) in [5.74, 6) is -0.407. The molecule has 3 aromatic rings. The zero-order chi connectivity index (χ0) is 19.7. The predicted octanol–water partition coefficient (Wildman–Crippen LogP) is 2.54. The van der Waals surface area contributed by atoms with Crippen LogP contribution in [0.3, 0.4) is 0 Å². The second-order valence-electron chi connectivity index (χ2n) is 6.92. The molecule has 1 unspecified atom stereocenters. The molecule has 2 aromatic carbocycles. The fourth-order valence-electron chi connectivity index (χ4n) is 3.32. The van der Waals surface area contributed by atoms with Crippen molar-refractivity contribution < 1.29 is 9.59 Å². The van der Waals surface area contributed by atoms with Crippen LogP contribution < -0.4 is 16.4 Å². The minimum atomic E-state index is -0.783. The number of para-hydroxylation sites is 1. The van der Waals surface area contributed by atoms with E-state index in [9.17, 15) is 9.59 Å². The Bertz CT molecular complexity index is 1120. The molecule has 0 spiro atoms. The number of benzene rings is 2. The molecule has 7 nitrogen and oxygen atoms in total. The first-order chi connectivity index (χ1) is 13.4. The van der Waals surface area contributed by atoms with Gasteiger partial charge < -0.3 is 11.1 Å². The summed E-state index contributed by atoms with van der Waals surface area (Å²) in [6.07, 6.45) is 0.178.